The summed E-state index contributed by atoms with van der Waals surface area (Å²) >= 11 is 0. The minimum Gasteiger partial charge on any atom is -0.368 e. The Morgan fingerprint density at radius 3 is 2.47 bits per heavy atom. The number of primary amides is 1. The molecule has 0 spiro atoms. The van der Waals surface area contributed by atoms with Crippen LogP contribution in [0.3, 0.4) is 0 Å². The molecule has 0 aromatic carbocycles. The number of hydrogen-bond donors (Lipinski definition) is 2. The Morgan fingerprint density at radius 1 is 1.29 bits per heavy atom. The quantitative estimate of drug-likeness (QED) is 0.654. The number of amides is 2. The van der Waals surface area contributed by atoms with Gasteiger partial charge in [-0.2, -0.15) is 0 Å². The van der Waals surface area contributed by atoms with Crippen LogP contribution in [0.25, 0.3) is 0 Å². The van der Waals surface area contributed by atoms with Crippen LogP contribution in [0.2, 0.25) is 0 Å². The molecule has 0 radical (unpaired) electrons. The van der Waals surface area contributed by atoms with Gasteiger partial charge in [0.2, 0.25) is 11.8 Å². The summed E-state index contributed by atoms with van der Waals surface area (Å²) in [6.45, 7) is 4.05. The summed E-state index contributed by atoms with van der Waals surface area (Å²) in [4.78, 5) is 24.3. The Bertz CT molecular complexity index is 262. The highest BCUT2D eigenvalue weighted by atomic mass is 16.2. The lowest BCUT2D eigenvalue weighted by molar-refractivity contribution is -0.123. The van der Waals surface area contributed by atoms with E-state index in [1.54, 1.807) is 0 Å². The highest BCUT2D eigenvalue weighted by Crippen LogP contribution is 2.15. The first kappa shape index (κ1) is 14.0. The van der Waals surface area contributed by atoms with E-state index in [0.717, 1.165) is 38.8 Å². The van der Waals surface area contributed by atoms with Gasteiger partial charge >= 0.3 is 0 Å². The molecule has 98 valence electrons. The molecule has 0 aromatic rings. The second kappa shape index (κ2) is 7.27. The molecule has 2 amide bonds. The lowest BCUT2D eigenvalue weighted by Crippen LogP contribution is -2.47. The third-order valence-electron chi connectivity index (χ3n) is 3.19. The molecule has 0 bridgehead atoms. The molecule has 1 atom stereocenters. The zero-order valence-electron chi connectivity index (χ0n) is 10.6. The van der Waals surface area contributed by atoms with Crippen molar-refractivity contribution in [2.24, 2.45) is 5.73 Å². The predicted octanol–water partition coefficient (Wildman–Crippen LogP) is 0.243. The van der Waals surface area contributed by atoms with E-state index in [9.17, 15) is 9.59 Å². The van der Waals surface area contributed by atoms with Gasteiger partial charge in [-0.1, -0.05) is 6.42 Å². The molecule has 3 N–H and O–H groups in total. The zero-order valence-corrected chi connectivity index (χ0v) is 10.6. The second-order valence-corrected chi connectivity index (χ2v) is 4.64. The van der Waals surface area contributed by atoms with Crippen LogP contribution in [-0.4, -0.2) is 42.4 Å². The van der Waals surface area contributed by atoms with Crippen LogP contribution in [0, 0.1) is 0 Å². The summed E-state index contributed by atoms with van der Waals surface area (Å²) in [6.07, 6.45) is 5.07. The van der Waals surface area contributed by atoms with Gasteiger partial charge in [0.05, 0.1) is 6.04 Å². The van der Waals surface area contributed by atoms with Crippen molar-refractivity contribution < 1.29 is 9.59 Å². The summed E-state index contributed by atoms with van der Waals surface area (Å²) in [6, 6.07) is -0.163. The molecule has 1 aliphatic rings. The number of nitrogens with one attached hydrogen (secondary N) is 1. The lowest BCUT2D eigenvalue weighted by Gasteiger charge is -2.32. The van der Waals surface area contributed by atoms with Crippen LogP contribution in [0.15, 0.2) is 0 Å². The Kier molecular flexibility index (Phi) is 5.97. The van der Waals surface area contributed by atoms with Crippen molar-refractivity contribution in [3.63, 3.8) is 0 Å². The maximum atomic E-state index is 11.4. The number of piperidine rings is 1. The normalized spacial score (nSPS) is 18.6. The van der Waals surface area contributed by atoms with E-state index in [1.807, 2.05) is 0 Å². The highest BCUT2D eigenvalue weighted by molar-refractivity contribution is 5.79. The van der Waals surface area contributed by atoms with E-state index in [4.69, 9.17) is 5.73 Å². The molecule has 5 nitrogen and oxygen atoms in total. The van der Waals surface area contributed by atoms with Gasteiger partial charge in [-0.25, -0.2) is 0 Å². The first-order chi connectivity index (χ1) is 8.11. The molecule has 0 aliphatic carbocycles. The van der Waals surface area contributed by atoms with E-state index in [1.165, 1.54) is 13.3 Å². The fourth-order valence-corrected chi connectivity index (χ4v) is 2.29. The molecule has 1 unspecified atom stereocenters. The van der Waals surface area contributed by atoms with Gasteiger partial charge in [-0.15, -0.1) is 0 Å². The van der Waals surface area contributed by atoms with Crippen LogP contribution in [-0.2, 0) is 9.59 Å². The largest absolute Gasteiger partial charge is 0.368 e. The maximum absolute atomic E-state index is 11.4. The molecule has 1 rings (SSSR count). The highest BCUT2D eigenvalue weighted by Gasteiger charge is 2.24. The third-order valence-corrected chi connectivity index (χ3v) is 3.19. The summed E-state index contributed by atoms with van der Waals surface area (Å²) in [5.74, 6) is -0.270. The Morgan fingerprint density at radius 2 is 1.94 bits per heavy atom. The number of hydrogen-bond acceptors (Lipinski definition) is 3. The number of carbonyl (C=O) groups is 2. The smallest absolute Gasteiger partial charge is 0.234 e. The van der Waals surface area contributed by atoms with Crippen LogP contribution < -0.4 is 11.1 Å². The van der Waals surface area contributed by atoms with Gasteiger partial charge in [0, 0.05) is 13.5 Å². The van der Waals surface area contributed by atoms with E-state index in [0.29, 0.717) is 6.54 Å². The van der Waals surface area contributed by atoms with Crippen LogP contribution >= 0.6 is 0 Å². The molecule has 0 saturated carbocycles. The Hall–Kier alpha value is -1.10. The van der Waals surface area contributed by atoms with Gasteiger partial charge in [0.15, 0.2) is 0 Å². The van der Waals surface area contributed by atoms with E-state index < -0.39 is 0 Å². The minimum absolute atomic E-state index is 0.0291. The van der Waals surface area contributed by atoms with Crippen molar-refractivity contribution in [1.29, 1.82) is 0 Å². The summed E-state index contributed by atoms with van der Waals surface area (Å²) in [5, 5.41) is 2.73. The van der Waals surface area contributed by atoms with Gasteiger partial charge in [-0.05, 0) is 38.8 Å². The lowest BCUT2D eigenvalue weighted by atomic mass is 10.0. The van der Waals surface area contributed by atoms with Crippen molar-refractivity contribution in [3.8, 4) is 0 Å². The molecule has 1 fully saturated rings. The van der Waals surface area contributed by atoms with Crippen LogP contribution in [0.1, 0.15) is 39.0 Å². The SMILES string of the molecule is CC(=O)NCCCC(C(N)=O)N1CCCCC1. The number of likely N-dealkylation sites (tertiary alicyclic amines) is 1. The second-order valence-electron chi connectivity index (χ2n) is 4.64. The van der Waals surface area contributed by atoms with Crippen molar-refractivity contribution in [2.75, 3.05) is 19.6 Å². The van der Waals surface area contributed by atoms with E-state index in [-0.39, 0.29) is 17.9 Å². The molecule has 1 aliphatic heterocycles. The van der Waals surface area contributed by atoms with Crippen molar-refractivity contribution in [1.82, 2.24) is 10.2 Å². The molecule has 0 aromatic heterocycles. The van der Waals surface area contributed by atoms with Gasteiger partial charge in [0.1, 0.15) is 0 Å². The van der Waals surface area contributed by atoms with Crippen molar-refractivity contribution >= 4 is 11.8 Å². The van der Waals surface area contributed by atoms with Gasteiger partial charge in [-0.3, -0.25) is 14.5 Å². The monoisotopic (exact) mass is 241 g/mol. The number of nitrogens with two attached hydrogens (primary N) is 1. The van der Waals surface area contributed by atoms with Crippen molar-refractivity contribution in [2.45, 2.75) is 45.1 Å². The zero-order chi connectivity index (χ0) is 12.7. The molecular weight excluding hydrogens is 218 g/mol. The maximum Gasteiger partial charge on any atom is 0.234 e. The topological polar surface area (TPSA) is 75.4 Å². The van der Waals surface area contributed by atoms with Crippen LogP contribution in [0.4, 0.5) is 0 Å². The third kappa shape index (κ3) is 5.17. The average Bonchev–Trinajstić information content (AvgIpc) is 2.29. The Balaban J connectivity index is 2.32. The predicted molar refractivity (Wildman–Crippen MR) is 66.3 cm³/mol. The standard InChI is InChI=1S/C12H23N3O2/c1-10(16)14-7-5-6-11(12(13)17)15-8-3-2-4-9-15/h11H,2-9H2,1H3,(H2,13,17)(H,14,16). The van der Waals surface area contributed by atoms with E-state index in [2.05, 4.69) is 10.2 Å². The molecule has 5 heteroatoms. The molecule has 17 heavy (non-hydrogen) atoms. The average molecular weight is 241 g/mol. The van der Waals surface area contributed by atoms with Crippen LogP contribution in [0.5, 0.6) is 0 Å². The fraction of sp³-hybridized carbons (Fsp3) is 0.833. The van der Waals surface area contributed by atoms with Gasteiger partial charge in [0.25, 0.3) is 0 Å². The fourth-order valence-electron chi connectivity index (χ4n) is 2.29. The van der Waals surface area contributed by atoms with E-state index >= 15 is 0 Å². The molecule has 1 saturated heterocycles. The summed E-state index contributed by atoms with van der Waals surface area (Å²) in [5.41, 5.74) is 5.44. The van der Waals surface area contributed by atoms with Gasteiger partial charge < -0.3 is 11.1 Å². The summed E-state index contributed by atoms with van der Waals surface area (Å²) < 4.78 is 0. The first-order valence-corrected chi connectivity index (χ1v) is 6.39. The number of nitrogens with zero attached hydrogens (tertiary/aromatic N) is 1. The number of rotatable bonds is 6. The molecular formula is C12H23N3O2. The molecule has 1 heterocycles. The number of carbonyl (C=O) groups excluding carboxylic acids is 2. The minimum atomic E-state index is -0.241. The van der Waals surface area contributed by atoms with Crippen molar-refractivity contribution in [3.05, 3.63) is 0 Å². The Labute approximate surface area is 103 Å². The summed E-state index contributed by atoms with van der Waals surface area (Å²) in [7, 11) is 0. The first-order valence-electron chi connectivity index (χ1n) is 6.39.